The van der Waals surface area contributed by atoms with Gasteiger partial charge in [0.15, 0.2) is 11.5 Å². The second-order valence-electron chi connectivity index (χ2n) is 7.45. The SMILES string of the molecule is OCCOCCOCCNCc1ccc(OCc2ccccc2)c(OCc2ccccc2)c1. The lowest BCUT2D eigenvalue weighted by atomic mass is 10.2. The first-order valence-corrected chi connectivity index (χ1v) is 11.3. The van der Waals surface area contributed by atoms with Crippen molar-refractivity contribution in [1.82, 2.24) is 5.32 Å². The maximum Gasteiger partial charge on any atom is 0.162 e. The van der Waals surface area contributed by atoms with Crippen LogP contribution in [-0.4, -0.2) is 44.7 Å². The summed E-state index contributed by atoms with van der Waals surface area (Å²) in [6.45, 7) is 4.39. The lowest BCUT2D eigenvalue weighted by Gasteiger charge is -2.15. The Morgan fingerprint density at radius 2 is 1.21 bits per heavy atom. The number of nitrogens with one attached hydrogen (secondary N) is 1. The number of aliphatic hydroxyl groups is 1. The predicted octanol–water partition coefficient (Wildman–Crippen LogP) is 3.96. The number of hydrogen-bond donors (Lipinski definition) is 2. The molecule has 6 nitrogen and oxygen atoms in total. The molecule has 0 aliphatic carbocycles. The summed E-state index contributed by atoms with van der Waals surface area (Å²) in [4.78, 5) is 0. The first-order chi connectivity index (χ1) is 16.3. The molecule has 33 heavy (non-hydrogen) atoms. The summed E-state index contributed by atoms with van der Waals surface area (Å²) in [6.07, 6.45) is 0. The molecular formula is C27H33NO5. The first-order valence-electron chi connectivity index (χ1n) is 11.3. The average molecular weight is 452 g/mol. The molecule has 0 bridgehead atoms. The molecule has 0 aliphatic rings. The summed E-state index contributed by atoms with van der Waals surface area (Å²) in [5.74, 6) is 1.45. The quantitative estimate of drug-likeness (QED) is 0.321. The highest BCUT2D eigenvalue weighted by Crippen LogP contribution is 2.30. The molecule has 3 rings (SSSR count). The van der Waals surface area contributed by atoms with E-state index >= 15 is 0 Å². The van der Waals surface area contributed by atoms with Crippen LogP contribution in [-0.2, 0) is 29.2 Å². The zero-order valence-corrected chi connectivity index (χ0v) is 18.9. The van der Waals surface area contributed by atoms with Crippen molar-refractivity contribution in [2.45, 2.75) is 19.8 Å². The highest BCUT2D eigenvalue weighted by molar-refractivity contribution is 5.43. The van der Waals surface area contributed by atoms with Crippen LogP contribution in [0.2, 0.25) is 0 Å². The van der Waals surface area contributed by atoms with Gasteiger partial charge < -0.3 is 29.4 Å². The van der Waals surface area contributed by atoms with Gasteiger partial charge >= 0.3 is 0 Å². The largest absolute Gasteiger partial charge is 0.485 e. The summed E-state index contributed by atoms with van der Waals surface area (Å²) in [7, 11) is 0. The van der Waals surface area contributed by atoms with Gasteiger partial charge in [-0.25, -0.2) is 0 Å². The molecule has 176 valence electrons. The molecule has 0 heterocycles. The zero-order valence-electron chi connectivity index (χ0n) is 18.9. The Hall–Kier alpha value is -2.90. The summed E-state index contributed by atoms with van der Waals surface area (Å²) in [5, 5.41) is 12.0. The van der Waals surface area contributed by atoms with Crippen molar-refractivity contribution < 1.29 is 24.1 Å². The van der Waals surface area contributed by atoms with E-state index in [1.807, 2.05) is 78.9 Å². The van der Waals surface area contributed by atoms with Crippen molar-refractivity contribution in [2.24, 2.45) is 0 Å². The standard InChI is InChI=1S/C27H33NO5/c29-14-16-31-18-17-30-15-13-28-20-25-11-12-26(32-21-23-7-3-1-4-8-23)27(19-25)33-22-24-9-5-2-6-10-24/h1-12,19,28-29H,13-18,20-22H2. The van der Waals surface area contributed by atoms with Crippen LogP contribution < -0.4 is 14.8 Å². The van der Waals surface area contributed by atoms with Crippen LogP contribution in [0.15, 0.2) is 78.9 Å². The molecular weight excluding hydrogens is 418 g/mol. The zero-order chi connectivity index (χ0) is 23.0. The van der Waals surface area contributed by atoms with Crippen LogP contribution in [0.4, 0.5) is 0 Å². The fraction of sp³-hybridized carbons (Fsp3) is 0.333. The molecule has 0 aliphatic heterocycles. The molecule has 0 atom stereocenters. The van der Waals surface area contributed by atoms with Gasteiger partial charge in [-0.2, -0.15) is 0 Å². The van der Waals surface area contributed by atoms with Gasteiger partial charge in [0.05, 0.1) is 33.0 Å². The third-order valence-electron chi connectivity index (χ3n) is 4.84. The van der Waals surface area contributed by atoms with Gasteiger partial charge in [0, 0.05) is 13.1 Å². The van der Waals surface area contributed by atoms with Gasteiger partial charge in [-0.15, -0.1) is 0 Å². The monoisotopic (exact) mass is 451 g/mol. The van der Waals surface area contributed by atoms with Crippen molar-refractivity contribution in [3.8, 4) is 11.5 Å². The predicted molar refractivity (Wildman–Crippen MR) is 128 cm³/mol. The van der Waals surface area contributed by atoms with Crippen LogP contribution >= 0.6 is 0 Å². The van der Waals surface area contributed by atoms with Gasteiger partial charge in [0.1, 0.15) is 13.2 Å². The van der Waals surface area contributed by atoms with Crippen molar-refractivity contribution in [3.05, 3.63) is 95.6 Å². The van der Waals surface area contributed by atoms with E-state index in [0.29, 0.717) is 46.2 Å². The number of benzene rings is 3. The van der Waals surface area contributed by atoms with Crippen molar-refractivity contribution in [1.29, 1.82) is 0 Å². The van der Waals surface area contributed by atoms with Crippen LogP contribution in [0.1, 0.15) is 16.7 Å². The Morgan fingerprint density at radius 3 is 1.85 bits per heavy atom. The highest BCUT2D eigenvalue weighted by atomic mass is 16.5. The maximum atomic E-state index is 8.67. The Labute approximate surface area is 196 Å². The summed E-state index contributed by atoms with van der Waals surface area (Å²) in [5.41, 5.74) is 3.32. The fourth-order valence-electron chi connectivity index (χ4n) is 3.13. The Bertz CT molecular complexity index is 905. The minimum Gasteiger partial charge on any atom is -0.485 e. The Morgan fingerprint density at radius 1 is 0.606 bits per heavy atom. The Balaban J connectivity index is 1.51. The number of ether oxygens (including phenoxy) is 4. The molecule has 0 unspecified atom stereocenters. The third-order valence-corrected chi connectivity index (χ3v) is 4.84. The van der Waals surface area contributed by atoms with Crippen LogP contribution in [0.25, 0.3) is 0 Å². The van der Waals surface area contributed by atoms with E-state index in [2.05, 4.69) is 5.32 Å². The smallest absolute Gasteiger partial charge is 0.162 e. The lowest BCUT2D eigenvalue weighted by Crippen LogP contribution is -2.20. The van der Waals surface area contributed by atoms with E-state index in [1.165, 1.54) is 0 Å². The summed E-state index contributed by atoms with van der Waals surface area (Å²) in [6, 6.07) is 26.2. The van der Waals surface area contributed by atoms with E-state index in [0.717, 1.165) is 34.7 Å². The maximum absolute atomic E-state index is 8.67. The molecule has 3 aromatic rings. The molecule has 0 amide bonds. The van der Waals surface area contributed by atoms with E-state index in [-0.39, 0.29) is 6.61 Å². The highest BCUT2D eigenvalue weighted by Gasteiger charge is 2.08. The van der Waals surface area contributed by atoms with Gasteiger partial charge in [-0.3, -0.25) is 0 Å². The molecule has 3 aromatic carbocycles. The van der Waals surface area contributed by atoms with E-state index in [9.17, 15) is 0 Å². The van der Waals surface area contributed by atoms with Gasteiger partial charge in [0.25, 0.3) is 0 Å². The minimum absolute atomic E-state index is 0.0364. The first kappa shape index (κ1) is 24.7. The van der Waals surface area contributed by atoms with Gasteiger partial charge in [0.2, 0.25) is 0 Å². The van der Waals surface area contributed by atoms with Crippen LogP contribution in [0, 0.1) is 0 Å². The second kappa shape index (κ2) is 15.0. The van der Waals surface area contributed by atoms with Crippen LogP contribution in [0.3, 0.4) is 0 Å². The summed E-state index contributed by atoms with van der Waals surface area (Å²) >= 11 is 0. The molecule has 2 N–H and O–H groups in total. The van der Waals surface area contributed by atoms with E-state index in [4.69, 9.17) is 24.1 Å². The fourth-order valence-corrected chi connectivity index (χ4v) is 3.13. The molecule has 0 saturated heterocycles. The topological polar surface area (TPSA) is 69.2 Å². The normalized spacial score (nSPS) is 10.8. The third kappa shape index (κ3) is 9.63. The number of rotatable bonds is 16. The second-order valence-corrected chi connectivity index (χ2v) is 7.45. The Kier molecular flexibility index (Phi) is 11.3. The molecule has 6 heteroatoms. The molecule has 0 fully saturated rings. The number of aliphatic hydroxyl groups excluding tert-OH is 1. The van der Waals surface area contributed by atoms with E-state index in [1.54, 1.807) is 0 Å². The van der Waals surface area contributed by atoms with Gasteiger partial charge in [-0.05, 0) is 28.8 Å². The molecule has 0 saturated carbocycles. The lowest BCUT2D eigenvalue weighted by molar-refractivity contribution is 0.0340. The number of hydrogen-bond acceptors (Lipinski definition) is 6. The van der Waals surface area contributed by atoms with Crippen molar-refractivity contribution in [2.75, 3.05) is 39.6 Å². The van der Waals surface area contributed by atoms with Crippen molar-refractivity contribution >= 4 is 0 Å². The molecule has 0 spiro atoms. The summed E-state index contributed by atoms with van der Waals surface area (Å²) < 4.78 is 22.9. The van der Waals surface area contributed by atoms with E-state index < -0.39 is 0 Å². The molecule has 0 aromatic heterocycles. The van der Waals surface area contributed by atoms with Gasteiger partial charge in [-0.1, -0.05) is 66.7 Å². The van der Waals surface area contributed by atoms with Crippen LogP contribution in [0.5, 0.6) is 11.5 Å². The minimum atomic E-state index is 0.0364. The average Bonchev–Trinajstić information content (AvgIpc) is 2.87. The molecule has 0 radical (unpaired) electrons. The van der Waals surface area contributed by atoms with Crippen molar-refractivity contribution in [3.63, 3.8) is 0 Å².